The number of ether oxygens (including phenoxy) is 1. The van der Waals surface area contributed by atoms with Gasteiger partial charge >= 0.3 is 5.97 Å². The molecular weight excluding hydrogens is 444 g/mol. The molecule has 2 N–H and O–H groups in total. The summed E-state index contributed by atoms with van der Waals surface area (Å²) < 4.78 is 35.6. The number of aliphatic carboxylic acids is 1. The third-order valence-electron chi connectivity index (χ3n) is 5.18. The quantitative estimate of drug-likeness (QED) is 0.409. The number of rotatable bonds is 8. The smallest absolute Gasteiger partial charge is 0.323 e. The first-order valence-corrected chi connectivity index (χ1v) is 11.5. The number of hydrogen-bond donors (Lipinski definition) is 2. The predicted octanol–water partition coefficient (Wildman–Crippen LogP) is 2.98. The van der Waals surface area contributed by atoms with Crippen LogP contribution in [0.3, 0.4) is 0 Å². The molecule has 170 valence electrons. The van der Waals surface area contributed by atoms with Crippen molar-refractivity contribution in [3.05, 3.63) is 72.4 Å². The molecule has 0 aliphatic carbocycles. The summed E-state index contributed by atoms with van der Waals surface area (Å²) in [6.07, 6.45) is 4.67. The number of fused-ring (bicyclic) bond motifs is 1. The lowest BCUT2D eigenvalue weighted by molar-refractivity contribution is -0.137. The number of sulfonamides is 1. The molecule has 0 saturated heterocycles. The zero-order chi connectivity index (χ0) is 23.6. The molecule has 4 aromatic rings. The van der Waals surface area contributed by atoms with Crippen molar-refractivity contribution in [2.45, 2.75) is 24.9 Å². The summed E-state index contributed by atoms with van der Waals surface area (Å²) in [5.74, 6) is 0.224. The average Bonchev–Trinajstić information content (AvgIpc) is 3.16. The molecule has 2 aromatic heterocycles. The number of methoxy groups -OCH3 is 1. The fraction of sp³-hybridized carbons (Fsp3) is 0.174. The van der Waals surface area contributed by atoms with Gasteiger partial charge in [-0.15, -0.1) is 0 Å². The van der Waals surface area contributed by atoms with E-state index >= 15 is 0 Å². The highest BCUT2D eigenvalue weighted by Crippen LogP contribution is 2.30. The van der Waals surface area contributed by atoms with Crippen molar-refractivity contribution in [2.75, 3.05) is 7.11 Å². The van der Waals surface area contributed by atoms with Crippen LogP contribution >= 0.6 is 0 Å². The molecule has 0 atom stereocenters. The van der Waals surface area contributed by atoms with Crippen molar-refractivity contribution in [2.24, 2.45) is 0 Å². The second kappa shape index (κ2) is 9.00. The molecule has 33 heavy (non-hydrogen) atoms. The number of nitrogens with zero attached hydrogens (tertiary/aromatic N) is 3. The lowest BCUT2D eigenvalue weighted by Crippen LogP contribution is -2.23. The second-order valence-corrected chi connectivity index (χ2v) is 9.17. The molecule has 4 rings (SSSR count). The highest BCUT2D eigenvalue weighted by atomic mass is 32.2. The summed E-state index contributed by atoms with van der Waals surface area (Å²) in [4.78, 5) is 19.7. The van der Waals surface area contributed by atoms with Crippen LogP contribution < -0.4 is 9.46 Å². The zero-order valence-corrected chi connectivity index (χ0v) is 18.8. The Balaban J connectivity index is 1.73. The van der Waals surface area contributed by atoms with Gasteiger partial charge in [-0.05, 0) is 42.3 Å². The van der Waals surface area contributed by atoms with Crippen molar-refractivity contribution in [3.8, 4) is 16.9 Å². The van der Waals surface area contributed by atoms with Crippen LogP contribution in [0.5, 0.6) is 5.75 Å². The van der Waals surface area contributed by atoms with Gasteiger partial charge in [-0.3, -0.25) is 4.79 Å². The Morgan fingerprint density at radius 3 is 2.42 bits per heavy atom. The van der Waals surface area contributed by atoms with Gasteiger partial charge in [0.1, 0.15) is 23.0 Å². The number of hydrogen-bond acceptors (Lipinski definition) is 6. The highest BCUT2D eigenvalue weighted by Gasteiger charge is 2.22. The number of aromatic nitrogens is 3. The van der Waals surface area contributed by atoms with Gasteiger partial charge in [0.15, 0.2) is 0 Å². The van der Waals surface area contributed by atoms with Gasteiger partial charge in [-0.1, -0.05) is 18.2 Å². The maximum Gasteiger partial charge on any atom is 0.323 e. The van der Waals surface area contributed by atoms with Crippen LogP contribution in [0.2, 0.25) is 0 Å². The molecule has 0 fully saturated rings. The normalized spacial score (nSPS) is 11.6. The Bertz CT molecular complexity index is 1410. The molecule has 0 aliphatic heterocycles. The number of carbonyl (C=O) groups is 1. The molecule has 2 aromatic carbocycles. The summed E-state index contributed by atoms with van der Waals surface area (Å²) in [5.41, 5.74) is 2.70. The minimum Gasteiger partial charge on any atom is -0.497 e. The van der Waals surface area contributed by atoms with E-state index in [1.807, 2.05) is 0 Å². The highest BCUT2D eigenvalue weighted by molar-refractivity contribution is 7.89. The Morgan fingerprint density at radius 2 is 1.79 bits per heavy atom. The maximum atomic E-state index is 13.2. The Kier molecular flexibility index (Phi) is 6.12. The van der Waals surface area contributed by atoms with Crippen LogP contribution in [0.1, 0.15) is 11.4 Å². The molecule has 0 aliphatic rings. The largest absolute Gasteiger partial charge is 0.497 e. The molecule has 0 spiro atoms. The summed E-state index contributed by atoms with van der Waals surface area (Å²) in [6, 6.07) is 12.2. The number of carboxylic acid groups (broad SMARTS) is 1. The summed E-state index contributed by atoms with van der Waals surface area (Å²) >= 11 is 0. The van der Waals surface area contributed by atoms with E-state index in [0.717, 1.165) is 16.7 Å². The van der Waals surface area contributed by atoms with E-state index in [0.29, 0.717) is 22.5 Å². The third-order valence-corrected chi connectivity index (χ3v) is 6.61. The fourth-order valence-corrected chi connectivity index (χ4v) is 4.71. The van der Waals surface area contributed by atoms with Gasteiger partial charge in [0.05, 0.1) is 7.11 Å². The zero-order valence-electron chi connectivity index (χ0n) is 18.0. The first-order valence-electron chi connectivity index (χ1n) is 10.0. The van der Waals surface area contributed by atoms with Crippen LogP contribution in [0.15, 0.2) is 66.0 Å². The minimum atomic E-state index is -3.95. The molecule has 0 saturated carbocycles. The van der Waals surface area contributed by atoms with Crippen LogP contribution in [-0.4, -0.2) is 41.1 Å². The van der Waals surface area contributed by atoms with Crippen molar-refractivity contribution in [1.29, 1.82) is 0 Å². The van der Waals surface area contributed by atoms with Gasteiger partial charge in [-0.2, -0.15) is 0 Å². The van der Waals surface area contributed by atoms with Gasteiger partial charge in [0, 0.05) is 41.6 Å². The SMILES string of the molecule is COc1ccc(CNS(=O)(=O)c2cn(CC(=O)O)c3ccc(-c4cnc(C)nc4)cc23)cc1. The predicted molar refractivity (Wildman–Crippen MR) is 122 cm³/mol. The van der Waals surface area contributed by atoms with Crippen molar-refractivity contribution in [1.82, 2.24) is 19.3 Å². The third kappa shape index (κ3) is 4.86. The summed E-state index contributed by atoms with van der Waals surface area (Å²) in [5, 5.41) is 9.69. The number of aryl methyl sites for hydroxylation is 1. The Labute approximate surface area is 190 Å². The van der Waals surface area contributed by atoms with Crippen LogP contribution in [0, 0.1) is 6.92 Å². The molecule has 0 bridgehead atoms. The van der Waals surface area contributed by atoms with E-state index in [9.17, 15) is 18.3 Å². The molecule has 9 nitrogen and oxygen atoms in total. The summed E-state index contributed by atoms with van der Waals surface area (Å²) in [7, 11) is -2.39. The lowest BCUT2D eigenvalue weighted by Gasteiger charge is -2.08. The molecule has 10 heteroatoms. The van der Waals surface area contributed by atoms with Crippen molar-refractivity contribution >= 4 is 26.9 Å². The topological polar surface area (TPSA) is 123 Å². The molecule has 0 amide bonds. The van der Waals surface area contributed by atoms with E-state index in [2.05, 4.69) is 14.7 Å². The van der Waals surface area contributed by atoms with Gasteiger partial charge in [0.2, 0.25) is 10.0 Å². The first-order chi connectivity index (χ1) is 15.8. The number of benzene rings is 2. The van der Waals surface area contributed by atoms with Gasteiger partial charge in [-0.25, -0.2) is 23.1 Å². The second-order valence-electron chi connectivity index (χ2n) is 7.44. The van der Waals surface area contributed by atoms with Crippen molar-refractivity contribution < 1.29 is 23.1 Å². The van der Waals surface area contributed by atoms with E-state index in [-0.39, 0.29) is 18.0 Å². The minimum absolute atomic E-state index is 0.00198. The standard InChI is InChI=1S/C23H22N4O5S/c1-15-24-11-18(12-25-15)17-5-8-21-20(9-17)22(13-27(21)14-23(28)29)33(30,31)26-10-16-3-6-19(32-2)7-4-16/h3-9,11-13,26H,10,14H2,1-2H3,(H,28,29). The Hall–Kier alpha value is -3.76. The van der Waals surface area contributed by atoms with Crippen molar-refractivity contribution in [3.63, 3.8) is 0 Å². The summed E-state index contributed by atoms with van der Waals surface area (Å²) in [6.45, 7) is 1.49. The maximum absolute atomic E-state index is 13.2. The monoisotopic (exact) mass is 466 g/mol. The van der Waals surface area contributed by atoms with Gasteiger partial charge in [0.25, 0.3) is 0 Å². The molecule has 0 unspecified atom stereocenters. The molecular formula is C23H22N4O5S. The van der Waals surface area contributed by atoms with Crippen LogP contribution in [0.25, 0.3) is 22.0 Å². The van der Waals surface area contributed by atoms with Crippen LogP contribution in [-0.2, 0) is 27.9 Å². The van der Waals surface area contributed by atoms with Gasteiger partial charge < -0.3 is 14.4 Å². The average molecular weight is 467 g/mol. The van der Waals surface area contributed by atoms with Crippen LogP contribution in [0.4, 0.5) is 0 Å². The number of carboxylic acids is 1. The molecule has 2 heterocycles. The van der Waals surface area contributed by atoms with E-state index < -0.39 is 16.0 Å². The molecule has 0 radical (unpaired) electrons. The van der Waals surface area contributed by atoms with E-state index in [4.69, 9.17) is 4.74 Å². The van der Waals surface area contributed by atoms with E-state index in [1.54, 1.807) is 68.9 Å². The first kappa shape index (κ1) is 22.4. The van der Waals surface area contributed by atoms with E-state index in [1.165, 1.54) is 10.8 Å². The Morgan fingerprint density at radius 1 is 1.09 bits per heavy atom. The fourth-order valence-electron chi connectivity index (χ4n) is 3.48. The lowest BCUT2D eigenvalue weighted by atomic mass is 10.1. The number of nitrogens with one attached hydrogen (secondary N) is 1.